The van der Waals surface area contributed by atoms with Gasteiger partial charge in [-0.25, -0.2) is 0 Å². The van der Waals surface area contributed by atoms with Crippen LogP contribution in [0.15, 0.2) is 164 Å². The summed E-state index contributed by atoms with van der Waals surface area (Å²) in [6, 6.07) is 60.1. The van der Waals surface area contributed by atoms with E-state index in [1.807, 2.05) is 0 Å². The zero-order valence-corrected chi connectivity index (χ0v) is 27.4. The predicted molar refractivity (Wildman–Crippen MR) is 208 cm³/mol. The van der Waals surface area contributed by atoms with Crippen molar-refractivity contribution in [2.45, 2.75) is 13.8 Å². The molecule has 0 spiro atoms. The number of rotatable bonds is 4. The van der Waals surface area contributed by atoms with Gasteiger partial charge in [-0.2, -0.15) is 0 Å². The highest BCUT2D eigenvalue weighted by atomic mass is 15.1. The molecule has 3 heteroatoms. The molecule has 0 N–H and O–H groups in total. The third-order valence-corrected chi connectivity index (χ3v) is 10.2. The average Bonchev–Trinajstić information content (AvgIpc) is 3.71. The Bertz CT molecular complexity index is 2840. The van der Waals surface area contributed by atoms with E-state index in [0.29, 0.717) is 0 Å². The Morgan fingerprint density at radius 2 is 0.918 bits per heavy atom. The number of aromatic nitrogens is 2. The molecule has 0 aliphatic heterocycles. The van der Waals surface area contributed by atoms with Crippen molar-refractivity contribution in [1.82, 2.24) is 8.97 Å². The lowest BCUT2D eigenvalue weighted by Gasteiger charge is -2.26. The minimum absolute atomic E-state index is 1.11. The molecular formula is C46H33N3. The first-order valence-electron chi connectivity index (χ1n) is 16.9. The van der Waals surface area contributed by atoms with Crippen molar-refractivity contribution in [2.75, 3.05) is 4.90 Å². The van der Waals surface area contributed by atoms with Gasteiger partial charge in [0, 0.05) is 49.7 Å². The third-order valence-electron chi connectivity index (χ3n) is 10.2. The van der Waals surface area contributed by atoms with E-state index in [2.05, 4.69) is 192 Å². The van der Waals surface area contributed by atoms with E-state index in [0.717, 1.165) is 22.7 Å². The van der Waals surface area contributed by atoms with Crippen LogP contribution in [0.4, 0.5) is 17.1 Å². The normalized spacial score (nSPS) is 11.9. The molecule has 232 valence electrons. The summed E-state index contributed by atoms with van der Waals surface area (Å²) in [6.07, 6.45) is 0. The fourth-order valence-electron chi connectivity index (χ4n) is 7.91. The minimum Gasteiger partial charge on any atom is -0.310 e. The molecule has 0 amide bonds. The van der Waals surface area contributed by atoms with Gasteiger partial charge in [-0.15, -0.1) is 0 Å². The van der Waals surface area contributed by atoms with E-state index in [4.69, 9.17) is 0 Å². The summed E-state index contributed by atoms with van der Waals surface area (Å²) in [7, 11) is 0. The standard InChI is InChI=1S/C46H33N3/c1-30-18-22-32(23-19-30)47(33-24-20-31(2)21-25-33)34-10-9-11-35(28-34)48-42-16-7-6-15-39(42)40-26-27-44-41(46(40)48)29-45-38-14-4-3-12-36(38)37-13-5-8-17-43(37)49(44)45/h3-29H,1-2H3. The maximum absolute atomic E-state index is 2.47. The van der Waals surface area contributed by atoms with Crippen LogP contribution in [-0.2, 0) is 0 Å². The lowest BCUT2D eigenvalue weighted by molar-refractivity contribution is 1.17. The van der Waals surface area contributed by atoms with Gasteiger partial charge < -0.3 is 13.9 Å². The van der Waals surface area contributed by atoms with Gasteiger partial charge in [-0.1, -0.05) is 108 Å². The van der Waals surface area contributed by atoms with Crippen LogP contribution >= 0.6 is 0 Å². The summed E-state index contributed by atoms with van der Waals surface area (Å²) < 4.78 is 4.93. The highest BCUT2D eigenvalue weighted by molar-refractivity contribution is 6.22. The van der Waals surface area contributed by atoms with Crippen molar-refractivity contribution < 1.29 is 0 Å². The number of benzene rings is 7. The number of para-hydroxylation sites is 2. The molecule has 7 aromatic carbocycles. The monoisotopic (exact) mass is 627 g/mol. The minimum atomic E-state index is 1.11. The van der Waals surface area contributed by atoms with Crippen LogP contribution in [0.1, 0.15) is 11.1 Å². The Morgan fingerprint density at radius 1 is 0.367 bits per heavy atom. The van der Waals surface area contributed by atoms with Gasteiger partial charge in [0.05, 0.1) is 27.6 Å². The number of pyridine rings is 1. The molecule has 0 saturated heterocycles. The Morgan fingerprint density at radius 3 is 1.59 bits per heavy atom. The SMILES string of the molecule is Cc1ccc(N(c2ccc(C)cc2)c2cccc(-n3c4ccccc4c4ccc5c(cc6c7ccccc7c7ccccc7n65)c43)c2)cc1. The fourth-order valence-corrected chi connectivity index (χ4v) is 7.91. The maximum atomic E-state index is 2.47. The molecule has 0 atom stereocenters. The van der Waals surface area contributed by atoms with Crippen LogP contribution in [0.5, 0.6) is 0 Å². The summed E-state index contributed by atoms with van der Waals surface area (Å²) in [6.45, 7) is 4.28. The Balaban J connectivity index is 1.29. The third kappa shape index (κ3) is 4.15. The lowest BCUT2D eigenvalue weighted by atomic mass is 10.1. The fraction of sp³-hybridized carbons (Fsp3) is 0.0435. The molecule has 0 saturated carbocycles. The molecule has 10 rings (SSSR count). The van der Waals surface area contributed by atoms with E-state index in [9.17, 15) is 0 Å². The van der Waals surface area contributed by atoms with Gasteiger partial charge in [0.1, 0.15) is 0 Å². The molecule has 0 unspecified atom stereocenters. The van der Waals surface area contributed by atoms with Crippen molar-refractivity contribution in [3.63, 3.8) is 0 Å². The largest absolute Gasteiger partial charge is 0.310 e. The van der Waals surface area contributed by atoms with Crippen LogP contribution in [0.3, 0.4) is 0 Å². The molecule has 0 bridgehead atoms. The van der Waals surface area contributed by atoms with Crippen LogP contribution in [0, 0.1) is 13.8 Å². The number of fused-ring (bicyclic) bond motifs is 12. The predicted octanol–water partition coefficient (Wildman–Crippen LogP) is 12.6. The zero-order chi connectivity index (χ0) is 32.6. The second kappa shape index (κ2) is 10.6. The van der Waals surface area contributed by atoms with Gasteiger partial charge in [-0.3, -0.25) is 0 Å². The summed E-state index contributed by atoms with van der Waals surface area (Å²) in [5.74, 6) is 0. The average molecular weight is 628 g/mol. The van der Waals surface area contributed by atoms with Gasteiger partial charge in [0.2, 0.25) is 0 Å². The summed E-state index contributed by atoms with van der Waals surface area (Å²) in [5, 5.41) is 7.57. The zero-order valence-electron chi connectivity index (χ0n) is 27.4. The van der Waals surface area contributed by atoms with Gasteiger partial charge in [-0.05, 0) is 86.0 Å². The van der Waals surface area contributed by atoms with Crippen molar-refractivity contribution in [3.05, 3.63) is 175 Å². The highest BCUT2D eigenvalue weighted by Gasteiger charge is 2.20. The molecule has 3 nitrogen and oxygen atoms in total. The Labute approximate surface area is 284 Å². The summed E-state index contributed by atoms with van der Waals surface area (Å²) >= 11 is 0. The second-order valence-electron chi connectivity index (χ2n) is 13.2. The number of hydrogen-bond donors (Lipinski definition) is 0. The van der Waals surface area contributed by atoms with E-state index >= 15 is 0 Å². The highest BCUT2D eigenvalue weighted by Crippen LogP contribution is 2.42. The van der Waals surface area contributed by atoms with E-state index in [1.165, 1.54) is 71.0 Å². The summed E-state index contributed by atoms with van der Waals surface area (Å²) in [5.41, 5.74) is 13.1. The quantitative estimate of drug-likeness (QED) is 0.177. The number of anilines is 3. The first-order chi connectivity index (χ1) is 24.1. The maximum Gasteiger partial charge on any atom is 0.0635 e. The molecule has 3 aromatic heterocycles. The second-order valence-corrected chi connectivity index (χ2v) is 13.2. The van der Waals surface area contributed by atoms with Gasteiger partial charge in [0.25, 0.3) is 0 Å². The smallest absolute Gasteiger partial charge is 0.0635 e. The molecule has 0 fully saturated rings. The van der Waals surface area contributed by atoms with Gasteiger partial charge in [0.15, 0.2) is 0 Å². The van der Waals surface area contributed by atoms with E-state index in [1.54, 1.807) is 0 Å². The number of aryl methyl sites for hydroxylation is 2. The molecule has 0 radical (unpaired) electrons. The molecule has 10 aromatic rings. The topological polar surface area (TPSA) is 12.6 Å². The number of nitrogens with zero attached hydrogens (tertiary/aromatic N) is 3. The van der Waals surface area contributed by atoms with Crippen LogP contribution in [-0.4, -0.2) is 8.97 Å². The van der Waals surface area contributed by atoms with Crippen LogP contribution < -0.4 is 4.90 Å². The lowest BCUT2D eigenvalue weighted by Crippen LogP contribution is -2.10. The van der Waals surface area contributed by atoms with Gasteiger partial charge >= 0.3 is 0 Å². The first kappa shape index (κ1) is 27.8. The molecular weight excluding hydrogens is 595 g/mol. The number of hydrogen-bond acceptors (Lipinski definition) is 1. The van der Waals surface area contributed by atoms with Crippen molar-refractivity contribution in [1.29, 1.82) is 0 Å². The Hall–Kier alpha value is -6.32. The first-order valence-corrected chi connectivity index (χ1v) is 16.9. The van der Waals surface area contributed by atoms with Crippen molar-refractivity contribution in [3.8, 4) is 5.69 Å². The van der Waals surface area contributed by atoms with E-state index < -0.39 is 0 Å². The molecule has 49 heavy (non-hydrogen) atoms. The molecule has 0 aliphatic rings. The van der Waals surface area contributed by atoms with Crippen LogP contribution in [0.2, 0.25) is 0 Å². The van der Waals surface area contributed by atoms with Crippen molar-refractivity contribution >= 4 is 77.0 Å². The molecule has 0 aliphatic carbocycles. The van der Waals surface area contributed by atoms with E-state index in [-0.39, 0.29) is 0 Å². The Kier molecular flexibility index (Phi) is 6.00. The summed E-state index contributed by atoms with van der Waals surface area (Å²) in [4.78, 5) is 2.36. The van der Waals surface area contributed by atoms with Crippen LogP contribution in [0.25, 0.3) is 65.6 Å². The molecule has 3 heterocycles. The van der Waals surface area contributed by atoms with Crippen molar-refractivity contribution in [2.24, 2.45) is 0 Å².